The van der Waals surface area contributed by atoms with Gasteiger partial charge < -0.3 is 14.3 Å². The zero-order chi connectivity index (χ0) is 13.9. The highest BCUT2D eigenvalue weighted by Crippen LogP contribution is 2.25. The van der Waals surface area contributed by atoms with Crippen LogP contribution in [-0.4, -0.2) is 21.1 Å². The quantitative estimate of drug-likeness (QED) is 0.725. The molecule has 3 aromatic rings. The Hall–Kier alpha value is -1.66. The highest BCUT2D eigenvalue weighted by molar-refractivity contribution is 7.71. The molecule has 6 heteroatoms. The first-order valence-electron chi connectivity index (χ1n) is 6.51. The molecule has 0 aliphatic rings. The molecule has 0 spiro atoms. The molecule has 0 saturated heterocycles. The second kappa shape index (κ2) is 5.76. The highest BCUT2D eigenvalue weighted by Gasteiger charge is 2.10. The van der Waals surface area contributed by atoms with Crippen molar-refractivity contribution in [1.82, 2.24) is 14.5 Å². The van der Waals surface area contributed by atoms with Gasteiger partial charge >= 0.3 is 0 Å². The van der Waals surface area contributed by atoms with Gasteiger partial charge in [0.1, 0.15) is 11.3 Å². The van der Waals surface area contributed by atoms with E-state index < -0.39 is 0 Å². The van der Waals surface area contributed by atoms with Gasteiger partial charge in [0.25, 0.3) is 0 Å². The lowest BCUT2D eigenvalue weighted by atomic mass is 10.3. The van der Waals surface area contributed by atoms with Crippen LogP contribution in [0.15, 0.2) is 29.1 Å². The van der Waals surface area contributed by atoms with Gasteiger partial charge in [0.2, 0.25) is 0 Å². The average molecular weight is 305 g/mol. The molecule has 4 nitrogen and oxygen atoms in total. The molecule has 1 aromatic carbocycles. The number of ether oxygens (including phenoxy) is 1. The van der Waals surface area contributed by atoms with Crippen molar-refractivity contribution in [2.75, 3.05) is 6.61 Å². The summed E-state index contributed by atoms with van der Waals surface area (Å²) in [6.07, 6.45) is 0.983. The smallest absolute Gasteiger partial charge is 0.178 e. The summed E-state index contributed by atoms with van der Waals surface area (Å²) in [5.41, 5.74) is 4.87. The number of nitrogens with zero attached hydrogens (tertiary/aromatic N) is 2. The van der Waals surface area contributed by atoms with Crippen molar-refractivity contribution >= 4 is 34.6 Å². The maximum atomic E-state index is 5.77. The van der Waals surface area contributed by atoms with Crippen LogP contribution in [0.1, 0.15) is 19.0 Å². The lowest BCUT2D eigenvalue weighted by Gasteiger charge is -2.06. The summed E-state index contributed by atoms with van der Waals surface area (Å²) in [5, 5.41) is 2.04. The van der Waals surface area contributed by atoms with Crippen molar-refractivity contribution in [3.8, 4) is 5.75 Å². The van der Waals surface area contributed by atoms with Gasteiger partial charge in [-0.15, -0.1) is 11.3 Å². The number of hydrogen-bond acceptors (Lipinski definition) is 4. The molecule has 0 fully saturated rings. The number of aromatic amines is 1. The molecule has 0 atom stereocenters. The van der Waals surface area contributed by atoms with Gasteiger partial charge in [0, 0.05) is 5.38 Å². The van der Waals surface area contributed by atoms with Gasteiger partial charge in [-0.2, -0.15) is 0 Å². The average Bonchev–Trinajstić information content (AvgIpc) is 3.06. The zero-order valence-electron chi connectivity index (χ0n) is 11.1. The molecule has 0 saturated carbocycles. The number of hydrogen-bond donors (Lipinski definition) is 1. The third-order valence-corrected chi connectivity index (χ3v) is 4.00. The molecule has 0 bridgehead atoms. The molecule has 0 amide bonds. The topological polar surface area (TPSA) is 42.8 Å². The monoisotopic (exact) mass is 305 g/mol. The first kappa shape index (κ1) is 13.3. The van der Waals surface area contributed by atoms with Crippen LogP contribution in [-0.2, 0) is 6.54 Å². The first-order chi connectivity index (χ1) is 9.79. The van der Waals surface area contributed by atoms with Gasteiger partial charge in [0.15, 0.2) is 4.77 Å². The van der Waals surface area contributed by atoms with Crippen LogP contribution in [0.5, 0.6) is 5.75 Å². The van der Waals surface area contributed by atoms with Crippen molar-refractivity contribution in [3.63, 3.8) is 0 Å². The number of para-hydroxylation sites is 1. The summed E-state index contributed by atoms with van der Waals surface area (Å²) in [5.74, 6) is 0.854. The zero-order valence-corrected chi connectivity index (χ0v) is 12.8. The molecule has 0 radical (unpaired) electrons. The van der Waals surface area contributed by atoms with Crippen molar-refractivity contribution in [2.24, 2.45) is 0 Å². The second-order valence-corrected chi connectivity index (χ2v) is 5.60. The van der Waals surface area contributed by atoms with E-state index in [1.54, 1.807) is 11.3 Å². The van der Waals surface area contributed by atoms with E-state index in [4.69, 9.17) is 17.0 Å². The Morgan fingerprint density at radius 1 is 1.45 bits per heavy atom. The number of benzene rings is 1. The maximum absolute atomic E-state index is 5.77. The number of imidazole rings is 1. The molecule has 0 aliphatic carbocycles. The number of aromatic nitrogens is 3. The van der Waals surface area contributed by atoms with Crippen molar-refractivity contribution in [2.45, 2.75) is 19.9 Å². The largest absolute Gasteiger partial charge is 0.491 e. The van der Waals surface area contributed by atoms with Crippen LogP contribution in [0, 0.1) is 4.77 Å². The summed E-state index contributed by atoms with van der Waals surface area (Å²) in [6, 6.07) is 6.01. The van der Waals surface area contributed by atoms with E-state index in [0.717, 1.165) is 28.9 Å². The Balaban J connectivity index is 2.05. The number of rotatable bonds is 5. The summed E-state index contributed by atoms with van der Waals surface area (Å²) in [6.45, 7) is 3.48. The Morgan fingerprint density at radius 3 is 3.10 bits per heavy atom. The Bertz CT molecular complexity index is 758. The van der Waals surface area contributed by atoms with Gasteiger partial charge in [-0.05, 0) is 30.8 Å². The summed E-state index contributed by atoms with van der Waals surface area (Å²) < 4.78 is 8.52. The van der Waals surface area contributed by atoms with E-state index in [0.29, 0.717) is 17.9 Å². The molecule has 0 unspecified atom stereocenters. The van der Waals surface area contributed by atoms with Crippen LogP contribution < -0.4 is 4.74 Å². The van der Waals surface area contributed by atoms with Gasteiger partial charge in [-0.1, -0.05) is 13.0 Å². The van der Waals surface area contributed by atoms with E-state index in [-0.39, 0.29) is 0 Å². The number of H-pyrrole nitrogens is 1. The first-order valence-corrected chi connectivity index (χ1v) is 7.86. The lowest BCUT2D eigenvalue weighted by molar-refractivity contribution is 0.320. The predicted octanol–water partition coefficient (Wildman–Crippen LogP) is 3.99. The maximum Gasteiger partial charge on any atom is 0.178 e. The highest BCUT2D eigenvalue weighted by atomic mass is 32.1. The Kier molecular flexibility index (Phi) is 3.84. The fourth-order valence-electron chi connectivity index (χ4n) is 2.12. The standard InChI is InChI=1S/C14H15N3OS2/c1-2-6-18-12-5-3-4-11-13(12)16-14(19)17(11)7-10-8-20-9-15-10/h3-5,8-9H,2,6-7H2,1H3,(H,16,19). The second-order valence-electron chi connectivity index (χ2n) is 4.49. The molecule has 104 valence electrons. The van der Waals surface area contributed by atoms with E-state index in [2.05, 4.69) is 21.5 Å². The minimum Gasteiger partial charge on any atom is -0.491 e. The summed E-state index contributed by atoms with van der Waals surface area (Å²) >= 11 is 7.02. The predicted molar refractivity (Wildman–Crippen MR) is 84.1 cm³/mol. The van der Waals surface area contributed by atoms with E-state index in [1.807, 2.05) is 29.1 Å². The van der Waals surface area contributed by atoms with Gasteiger partial charge in [-0.3, -0.25) is 0 Å². The third-order valence-electron chi connectivity index (χ3n) is 3.04. The Morgan fingerprint density at radius 2 is 2.35 bits per heavy atom. The molecular weight excluding hydrogens is 290 g/mol. The summed E-state index contributed by atoms with van der Waals surface area (Å²) in [4.78, 5) is 7.56. The van der Waals surface area contributed by atoms with Crippen LogP contribution in [0.3, 0.4) is 0 Å². The van der Waals surface area contributed by atoms with Gasteiger partial charge in [-0.25, -0.2) is 4.98 Å². The fraction of sp³-hybridized carbons (Fsp3) is 0.286. The normalized spacial score (nSPS) is 11.1. The minimum atomic E-state index is 0.680. The van der Waals surface area contributed by atoms with E-state index in [1.165, 1.54) is 0 Å². The molecule has 1 N–H and O–H groups in total. The van der Waals surface area contributed by atoms with Crippen molar-refractivity contribution < 1.29 is 4.74 Å². The minimum absolute atomic E-state index is 0.680. The van der Waals surface area contributed by atoms with Crippen molar-refractivity contribution in [1.29, 1.82) is 0 Å². The molecule has 2 aromatic heterocycles. The molecule has 20 heavy (non-hydrogen) atoms. The van der Waals surface area contributed by atoms with E-state index in [9.17, 15) is 0 Å². The van der Waals surface area contributed by atoms with E-state index >= 15 is 0 Å². The summed E-state index contributed by atoms with van der Waals surface area (Å²) in [7, 11) is 0. The van der Waals surface area contributed by atoms with Gasteiger partial charge in [0.05, 0.1) is 29.9 Å². The number of nitrogens with one attached hydrogen (secondary N) is 1. The lowest BCUT2D eigenvalue weighted by Crippen LogP contribution is -2.00. The third kappa shape index (κ3) is 2.48. The van der Waals surface area contributed by atoms with Crippen LogP contribution in [0.25, 0.3) is 11.0 Å². The Labute approximate surface area is 126 Å². The van der Waals surface area contributed by atoms with Crippen molar-refractivity contribution in [3.05, 3.63) is 39.6 Å². The molecule has 2 heterocycles. The van der Waals surface area contributed by atoms with Crippen LogP contribution in [0.4, 0.5) is 0 Å². The molecule has 3 rings (SSSR count). The molecule has 0 aliphatic heterocycles. The number of fused-ring (bicyclic) bond motifs is 1. The van der Waals surface area contributed by atoms with Crippen LogP contribution >= 0.6 is 23.6 Å². The fourth-order valence-corrected chi connectivity index (χ4v) is 2.94. The SMILES string of the molecule is CCCOc1cccc2c1[nH]c(=S)n2Cc1cscn1. The number of thiazole rings is 1. The molecular formula is C14H15N3OS2. The van der Waals surface area contributed by atoms with Crippen LogP contribution in [0.2, 0.25) is 0 Å².